The van der Waals surface area contributed by atoms with Gasteiger partial charge in [0.05, 0.1) is 0 Å². The van der Waals surface area contributed by atoms with E-state index in [1.54, 1.807) is 0 Å². The van der Waals surface area contributed by atoms with E-state index in [2.05, 4.69) is 58.5 Å². The largest absolute Gasteiger partial charge is 0.320 e. The third-order valence-electron chi connectivity index (χ3n) is 2.40. The van der Waals surface area contributed by atoms with Crippen LogP contribution < -0.4 is 5.32 Å². The molecule has 0 fully saturated rings. The minimum Gasteiger partial charge on any atom is -0.320 e. The third-order valence-corrected chi connectivity index (χ3v) is 3.26. The van der Waals surface area contributed by atoms with Crippen LogP contribution in [0.25, 0.3) is 6.08 Å². The Bertz CT molecular complexity index is 331. The Balaban J connectivity index is 2.53. The van der Waals surface area contributed by atoms with Crippen LogP contribution in [0.4, 0.5) is 0 Å². The van der Waals surface area contributed by atoms with E-state index in [0.29, 0.717) is 0 Å². The van der Waals surface area contributed by atoms with Crippen molar-refractivity contribution in [1.82, 2.24) is 5.32 Å². The second-order valence-corrected chi connectivity index (χ2v) is 4.46. The Kier molecular flexibility index (Phi) is 5.66. The summed E-state index contributed by atoms with van der Waals surface area (Å²) >= 11 is 3.54. The van der Waals surface area contributed by atoms with Gasteiger partial charge >= 0.3 is 0 Å². The number of unbranched alkanes of at least 4 members (excludes halogenated alkanes) is 1. The predicted molar refractivity (Wildman–Crippen MR) is 71.1 cm³/mol. The van der Waals surface area contributed by atoms with E-state index in [4.69, 9.17) is 0 Å². The SMILES string of the molecule is CNCCC/C=C/c1cccc(Br)c1C. The van der Waals surface area contributed by atoms with E-state index in [0.717, 1.165) is 13.0 Å². The summed E-state index contributed by atoms with van der Waals surface area (Å²) in [4.78, 5) is 0. The molecule has 0 radical (unpaired) electrons. The first-order chi connectivity index (χ1) is 7.25. The molecule has 1 N–H and O–H groups in total. The van der Waals surface area contributed by atoms with Crippen molar-refractivity contribution in [3.05, 3.63) is 39.9 Å². The molecule has 1 aromatic carbocycles. The van der Waals surface area contributed by atoms with E-state index in [9.17, 15) is 0 Å². The molecule has 0 bridgehead atoms. The average Bonchev–Trinajstić information content (AvgIpc) is 2.24. The highest BCUT2D eigenvalue weighted by Gasteiger charge is 1.96. The van der Waals surface area contributed by atoms with Crippen molar-refractivity contribution >= 4 is 22.0 Å². The maximum absolute atomic E-state index is 3.54. The van der Waals surface area contributed by atoms with Crippen LogP contribution in [0, 0.1) is 6.92 Å². The molecule has 0 atom stereocenters. The molecule has 2 heteroatoms. The van der Waals surface area contributed by atoms with Crippen molar-refractivity contribution in [2.45, 2.75) is 19.8 Å². The minimum absolute atomic E-state index is 1.09. The molecule has 0 aliphatic rings. The molecule has 0 amide bonds. The molecule has 15 heavy (non-hydrogen) atoms. The van der Waals surface area contributed by atoms with Gasteiger partial charge in [-0.1, -0.05) is 40.2 Å². The fourth-order valence-corrected chi connectivity index (χ4v) is 1.79. The van der Waals surface area contributed by atoms with Gasteiger partial charge in [-0.15, -0.1) is 0 Å². The number of allylic oxidation sites excluding steroid dienone is 1. The van der Waals surface area contributed by atoms with Crippen LogP contribution in [0.15, 0.2) is 28.7 Å². The summed E-state index contributed by atoms with van der Waals surface area (Å²) in [5.41, 5.74) is 2.61. The standard InChI is InChI=1S/C13H18BrN/c1-11-12(8-6-9-13(11)14)7-4-3-5-10-15-2/h4,6-9,15H,3,5,10H2,1-2H3/b7-4+. The Morgan fingerprint density at radius 1 is 1.40 bits per heavy atom. The maximum atomic E-state index is 3.54. The second-order valence-electron chi connectivity index (χ2n) is 3.60. The molecule has 0 aliphatic carbocycles. The number of benzene rings is 1. The van der Waals surface area contributed by atoms with Crippen molar-refractivity contribution in [1.29, 1.82) is 0 Å². The molecule has 1 nitrogen and oxygen atoms in total. The van der Waals surface area contributed by atoms with Gasteiger partial charge in [0, 0.05) is 4.47 Å². The van der Waals surface area contributed by atoms with Crippen LogP contribution in [0.2, 0.25) is 0 Å². The highest BCUT2D eigenvalue weighted by atomic mass is 79.9. The van der Waals surface area contributed by atoms with E-state index in [1.165, 1.54) is 22.0 Å². The van der Waals surface area contributed by atoms with Crippen LogP contribution in [0.3, 0.4) is 0 Å². The summed E-state index contributed by atoms with van der Waals surface area (Å²) in [6, 6.07) is 6.30. The highest BCUT2D eigenvalue weighted by molar-refractivity contribution is 9.10. The van der Waals surface area contributed by atoms with E-state index >= 15 is 0 Å². The first-order valence-electron chi connectivity index (χ1n) is 5.32. The summed E-state index contributed by atoms with van der Waals surface area (Å²) < 4.78 is 1.18. The highest BCUT2D eigenvalue weighted by Crippen LogP contribution is 2.20. The van der Waals surface area contributed by atoms with Crippen molar-refractivity contribution in [3.8, 4) is 0 Å². The molecule has 0 spiro atoms. The van der Waals surface area contributed by atoms with Crippen molar-refractivity contribution in [3.63, 3.8) is 0 Å². The van der Waals surface area contributed by atoms with Gasteiger partial charge < -0.3 is 5.32 Å². The zero-order chi connectivity index (χ0) is 11.1. The van der Waals surface area contributed by atoms with E-state index in [-0.39, 0.29) is 0 Å². The summed E-state index contributed by atoms with van der Waals surface area (Å²) in [6.07, 6.45) is 6.77. The van der Waals surface area contributed by atoms with Gasteiger partial charge in [-0.25, -0.2) is 0 Å². The summed E-state index contributed by atoms with van der Waals surface area (Å²) in [5, 5.41) is 3.15. The molecule has 0 saturated heterocycles. The van der Waals surface area contributed by atoms with Crippen LogP contribution in [-0.4, -0.2) is 13.6 Å². The zero-order valence-electron chi connectivity index (χ0n) is 9.39. The summed E-state index contributed by atoms with van der Waals surface area (Å²) in [6.45, 7) is 3.22. The van der Waals surface area contributed by atoms with Crippen molar-refractivity contribution in [2.24, 2.45) is 0 Å². The van der Waals surface area contributed by atoms with E-state index < -0.39 is 0 Å². The van der Waals surface area contributed by atoms with Gasteiger partial charge in [-0.3, -0.25) is 0 Å². The molecule has 0 saturated carbocycles. The lowest BCUT2D eigenvalue weighted by Crippen LogP contribution is -2.06. The second kappa shape index (κ2) is 6.81. The maximum Gasteiger partial charge on any atom is 0.0210 e. The topological polar surface area (TPSA) is 12.0 Å². The molecule has 0 aliphatic heterocycles. The first kappa shape index (κ1) is 12.5. The predicted octanol–water partition coefficient (Wildman–Crippen LogP) is 3.77. The van der Waals surface area contributed by atoms with Gasteiger partial charge in [-0.05, 0) is 50.6 Å². The summed E-state index contributed by atoms with van der Waals surface area (Å²) in [7, 11) is 1.99. The van der Waals surface area contributed by atoms with E-state index in [1.807, 2.05) is 7.05 Å². The fourth-order valence-electron chi connectivity index (χ4n) is 1.41. The summed E-state index contributed by atoms with van der Waals surface area (Å²) in [5.74, 6) is 0. The number of rotatable bonds is 5. The molecular weight excluding hydrogens is 250 g/mol. The first-order valence-corrected chi connectivity index (χ1v) is 6.11. The molecule has 82 valence electrons. The van der Waals surface area contributed by atoms with Gasteiger partial charge in [0.25, 0.3) is 0 Å². The lowest BCUT2D eigenvalue weighted by atomic mass is 10.1. The normalized spacial score (nSPS) is 11.1. The number of hydrogen-bond donors (Lipinski definition) is 1. The lowest BCUT2D eigenvalue weighted by molar-refractivity contribution is 0.736. The average molecular weight is 268 g/mol. The Morgan fingerprint density at radius 3 is 2.93 bits per heavy atom. The molecule has 0 aromatic heterocycles. The minimum atomic E-state index is 1.09. The number of halogens is 1. The Morgan fingerprint density at radius 2 is 2.20 bits per heavy atom. The monoisotopic (exact) mass is 267 g/mol. The molecule has 0 heterocycles. The number of nitrogens with one attached hydrogen (secondary N) is 1. The van der Waals surface area contributed by atoms with Crippen LogP contribution >= 0.6 is 15.9 Å². The molecule has 1 rings (SSSR count). The molecule has 1 aromatic rings. The fraction of sp³-hybridized carbons (Fsp3) is 0.385. The zero-order valence-corrected chi connectivity index (χ0v) is 11.0. The molecule has 0 unspecified atom stereocenters. The van der Waals surface area contributed by atoms with Crippen molar-refractivity contribution in [2.75, 3.05) is 13.6 Å². The quantitative estimate of drug-likeness (QED) is 0.801. The Hall–Kier alpha value is -0.600. The van der Waals surface area contributed by atoms with Gasteiger partial charge in [0.2, 0.25) is 0 Å². The van der Waals surface area contributed by atoms with Gasteiger partial charge in [-0.2, -0.15) is 0 Å². The molecular formula is C13H18BrN. The lowest BCUT2D eigenvalue weighted by Gasteiger charge is -2.02. The van der Waals surface area contributed by atoms with Crippen LogP contribution in [0.1, 0.15) is 24.0 Å². The smallest absolute Gasteiger partial charge is 0.0210 e. The van der Waals surface area contributed by atoms with Gasteiger partial charge in [0.15, 0.2) is 0 Å². The van der Waals surface area contributed by atoms with Crippen molar-refractivity contribution < 1.29 is 0 Å². The Labute approximate surface area is 101 Å². The van der Waals surface area contributed by atoms with Crippen LogP contribution in [0.5, 0.6) is 0 Å². The van der Waals surface area contributed by atoms with Gasteiger partial charge in [0.1, 0.15) is 0 Å². The third kappa shape index (κ3) is 4.18. The van der Waals surface area contributed by atoms with Crippen LogP contribution in [-0.2, 0) is 0 Å². The number of hydrogen-bond acceptors (Lipinski definition) is 1.